The van der Waals surface area contributed by atoms with E-state index in [1.165, 1.54) is 4.57 Å². The molecular weight excluding hydrogens is 292 g/mol. The summed E-state index contributed by atoms with van der Waals surface area (Å²) in [5, 5.41) is 0.567. The van der Waals surface area contributed by atoms with Crippen LogP contribution in [0.25, 0.3) is 22.5 Å². The van der Waals surface area contributed by atoms with Gasteiger partial charge in [0.25, 0.3) is 5.56 Å². The monoisotopic (exact) mass is 312 g/mol. The Kier molecular flexibility index (Phi) is 3.56. The molecule has 6 nitrogen and oxygen atoms in total. The zero-order valence-electron chi connectivity index (χ0n) is 14.0. The quantitative estimate of drug-likeness (QED) is 0.785. The molecular formula is C17H20N4O2. The van der Waals surface area contributed by atoms with Crippen molar-refractivity contribution in [3.8, 4) is 11.6 Å². The number of aromatic nitrogens is 3. The molecule has 23 heavy (non-hydrogen) atoms. The third kappa shape index (κ3) is 2.45. The van der Waals surface area contributed by atoms with E-state index in [0.29, 0.717) is 34.1 Å². The van der Waals surface area contributed by atoms with E-state index in [0.717, 1.165) is 11.1 Å². The highest BCUT2D eigenvalue weighted by Gasteiger charge is 2.19. The number of oxazole rings is 1. The van der Waals surface area contributed by atoms with Crippen LogP contribution in [-0.2, 0) is 7.05 Å². The van der Waals surface area contributed by atoms with Gasteiger partial charge in [-0.2, -0.15) is 0 Å². The van der Waals surface area contributed by atoms with Crippen LogP contribution in [0, 0.1) is 20.8 Å². The summed E-state index contributed by atoms with van der Waals surface area (Å²) in [5.41, 5.74) is 9.13. The maximum absolute atomic E-state index is 12.8. The highest BCUT2D eigenvalue weighted by molar-refractivity contribution is 5.84. The van der Waals surface area contributed by atoms with Gasteiger partial charge in [-0.3, -0.25) is 9.36 Å². The summed E-state index contributed by atoms with van der Waals surface area (Å²) < 4.78 is 7.14. The SMILES string of the molecule is Cc1cc(C(C)N)c2nc(-c3oc(C)nc3C)n(C)c(=O)c2c1. The summed E-state index contributed by atoms with van der Waals surface area (Å²) >= 11 is 0. The van der Waals surface area contributed by atoms with E-state index in [1.807, 2.05) is 32.9 Å². The van der Waals surface area contributed by atoms with Crippen molar-refractivity contribution in [1.82, 2.24) is 14.5 Å². The number of rotatable bonds is 2. The predicted octanol–water partition coefficient (Wildman–Crippen LogP) is 2.53. The van der Waals surface area contributed by atoms with Gasteiger partial charge < -0.3 is 10.2 Å². The third-order valence-electron chi connectivity index (χ3n) is 3.95. The van der Waals surface area contributed by atoms with Crippen molar-refractivity contribution in [2.24, 2.45) is 12.8 Å². The summed E-state index contributed by atoms with van der Waals surface area (Å²) in [4.78, 5) is 21.7. The summed E-state index contributed by atoms with van der Waals surface area (Å²) in [6.45, 7) is 7.44. The normalized spacial score (nSPS) is 12.8. The number of hydrogen-bond acceptors (Lipinski definition) is 5. The number of nitrogens with two attached hydrogens (primary N) is 1. The molecule has 3 aromatic rings. The van der Waals surface area contributed by atoms with Crippen LogP contribution in [0.15, 0.2) is 21.3 Å². The van der Waals surface area contributed by atoms with E-state index < -0.39 is 0 Å². The molecule has 0 aliphatic rings. The molecule has 0 saturated carbocycles. The van der Waals surface area contributed by atoms with E-state index >= 15 is 0 Å². The summed E-state index contributed by atoms with van der Waals surface area (Å²) in [6, 6.07) is 3.60. The zero-order valence-corrected chi connectivity index (χ0v) is 14.0. The second-order valence-corrected chi connectivity index (χ2v) is 5.99. The van der Waals surface area contributed by atoms with Crippen LogP contribution in [0.5, 0.6) is 0 Å². The van der Waals surface area contributed by atoms with Crippen LogP contribution in [0.2, 0.25) is 0 Å². The number of fused-ring (bicyclic) bond motifs is 1. The van der Waals surface area contributed by atoms with Gasteiger partial charge in [0.05, 0.1) is 16.6 Å². The van der Waals surface area contributed by atoms with Crippen molar-refractivity contribution >= 4 is 10.9 Å². The Balaban J connectivity index is 2.44. The van der Waals surface area contributed by atoms with Gasteiger partial charge in [0, 0.05) is 20.0 Å². The Morgan fingerprint density at radius 1 is 1.22 bits per heavy atom. The number of hydrogen-bond donors (Lipinski definition) is 1. The molecule has 0 bridgehead atoms. The Labute approximate surface area is 134 Å². The molecule has 6 heteroatoms. The standard InChI is InChI=1S/C17H20N4O2/c1-8-6-12(9(2)18)14-13(7-8)17(22)21(5)16(20-14)15-10(3)19-11(4)23-15/h6-7,9H,18H2,1-5H3. The molecule has 2 heterocycles. The summed E-state index contributed by atoms with van der Waals surface area (Å²) in [5.74, 6) is 1.52. The molecule has 3 rings (SSSR count). The second-order valence-electron chi connectivity index (χ2n) is 5.99. The number of aryl methyl sites for hydroxylation is 3. The number of benzene rings is 1. The Bertz CT molecular complexity index is 967. The van der Waals surface area contributed by atoms with Gasteiger partial charge in [-0.05, 0) is 38.0 Å². The fourth-order valence-electron chi connectivity index (χ4n) is 2.84. The van der Waals surface area contributed by atoms with Crippen LogP contribution < -0.4 is 11.3 Å². The van der Waals surface area contributed by atoms with Gasteiger partial charge in [0.1, 0.15) is 0 Å². The topological polar surface area (TPSA) is 86.9 Å². The van der Waals surface area contributed by atoms with Gasteiger partial charge in [-0.25, -0.2) is 9.97 Å². The summed E-state index contributed by atoms with van der Waals surface area (Å²) in [6.07, 6.45) is 0. The van der Waals surface area contributed by atoms with Crippen LogP contribution in [0.3, 0.4) is 0 Å². The lowest BCUT2D eigenvalue weighted by Crippen LogP contribution is -2.22. The lowest BCUT2D eigenvalue weighted by atomic mass is 10.0. The first-order chi connectivity index (χ1) is 10.8. The summed E-state index contributed by atoms with van der Waals surface area (Å²) in [7, 11) is 1.69. The molecule has 0 radical (unpaired) electrons. The molecule has 120 valence electrons. The van der Waals surface area contributed by atoms with Crippen LogP contribution in [0.4, 0.5) is 0 Å². The van der Waals surface area contributed by atoms with E-state index in [-0.39, 0.29) is 11.6 Å². The molecule has 0 fully saturated rings. The minimum Gasteiger partial charge on any atom is -0.437 e. The average Bonchev–Trinajstić information content (AvgIpc) is 2.81. The molecule has 0 amide bonds. The highest BCUT2D eigenvalue weighted by atomic mass is 16.4. The second kappa shape index (κ2) is 5.31. The van der Waals surface area contributed by atoms with Gasteiger partial charge in [0.2, 0.25) is 0 Å². The van der Waals surface area contributed by atoms with E-state index in [9.17, 15) is 4.79 Å². The van der Waals surface area contributed by atoms with Crippen molar-refractivity contribution in [3.05, 3.63) is 45.2 Å². The minimum atomic E-state index is -0.220. The molecule has 2 N–H and O–H groups in total. The maximum atomic E-state index is 12.8. The number of nitrogens with zero attached hydrogens (tertiary/aromatic N) is 3. The zero-order chi connectivity index (χ0) is 16.9. The van der Waals surface area contributed by atoms with Crippen molar-refractivity contribution in [3.63, 3.8) is 0 Å². The van der Waals surface area contributed by atoms with Gasteiger partial charge in [-0.1, -0.05) is 6.07 Å². The molecule has 2 aromatic heterocycles. The largest absolute Gasteiger partial charge is 0.437 e. The lowest BCUT2D eigenvalue weighted by Gasteiger charge is -2.13. The molecule has 0 saturated heterocycles. The Hall–Kier alpha value is -2.47. The van der Waals surface area contributed by atoms with Crippen molar-refractivity contribution in [2.45, 2.75) is 33.7 Å². The third-order valence-corrected chi connectivity index (χ3v) is 3.95. The predicted molar refractivity (Wildman–Crippen MR) is 89.3 cm³/mol. The molecule has 1 aromatic carbocycles. The highest BCUT2D eigenvalue weighted by Crippen LogP contribution is 2.26. The van der Waals surface area contributed by atoms with Crippen molar-refractivity contribution in [2.75, 3.05) is 0 Å². The fourth-order valence-corrected chi connectivity index (χ4v) is 2.84. The van der Waals surface area contributed by atoms with Gasteiger partial charge >= 0.3 is 0 Å². The molecule has 0 aliphatic carbocycles. The van der Waals surface area contributed by atoms with E-state index in [4.69, 9.17) is 15.1 Å². The van der Waals surface area contributed by atoms with E-state index in [2.05, 4.69) is 4.98 Å². The smallest absolute Gasteiger partial charge is 0.261 e. The van der Waals surface area contributed by atoms with Gasteiger partial charge in [0.15, 0.2) is 17.5 Å². The Morgan fingerprint density at radius 2 is 1.91 bits per heavy atom. The molecule has 1 atom stereocenters. The first-order valence-corrected chi connectivity index (χ1v) is 7.51. The maximum Gasteiger partial charge on any atom is 0.261 e. The molecule has 0 aliphatic heterocycles. The first-order valence-electron chi connectivity index (χ1n) is 7.51. The molecule has 0 spiro atoms. The van der Waals surface area contributed by atoms with Gasteiger partial charge in [-0.15, -0.1) is 0 Å². The van der Waals surface area contributed by atoms with E-state index in [1.54, 1.807) is 14.0 Å². The van der Waals surface area contributed by atoms with Crippen LogP contribution >= 0.6 is 0 Å². The van der Waals surface area contributed by atoms with Crippen LogP contribution in [0.1, 0.15) is 35.7 Å². The molecule has 1 unspecified atom stereocenters. The van der Waals surface area contributed by atoms with Crippen molar-refractivity contribution in [1.29, 1.82) is 0 Å². The average molecular weight is 312 g/mol. The minimum absolute atomic E-state index is 0.121. The Morgan fingerprint density at radius 3 is 2.48 bits per heavy atom. The lowest BCUT2D eigenvalue weighted by molar-refractivity contribution is 0.526. The van der Waals surface area contributed by atoms with Crippen molar-refractivity contribution < 1.29 is 4.42 Å². The fraction of sp³-hybridized carbons (Fsp3) is 0.353. The van der Waals surface area contributed by atoms with Crippen LogP contribution in [-0.4, -0.2) is 14.5 Å². The first kappa shape index (κ1) is 15.4.